The molecule has 2 heterocycles. The molecule has 2 aromatic carbocycles. The minimum Gasteiger partial charge on any atom is -0.340 e. The lowest BCUT2D eigenvalue weighted by Gasteiger charge is -2.22. The van der Waals surface area contributed by atoms with Gasteiger partial charge in [-0.25, -0.2) is 0 Å². The van der Waals surface area contributed by atoms with Crippen LogP contribution in [-0.4, -0.2) is 15.9 Å². The monoisotopic (exact) mass is 441 g/mol. The van der Waals surface area contributed by atoms with Gasteiger partial charge in [0, 0.05) is 28.4 Å². The molecule has 1 N–H and O–H groups in total. The third-order valence-corrected chi connectivity index (χ3v) is 4.98. The Hall–Kier alpha value is -3.45. The molecule has 4 rings (SSSR count). The van der Waals surface area contributed by atoms with Gasteiger partial charge in [-0.3, -0.25) is 14.8 Å². The standard InChI is InChI=1S/C23H15ClF3N3O/c24-17-6-1-4-15(12-17)20(21-18(23(25,26)27)7-3-11-29-21)30-22(31)16-9-8-14-5-2-10-28-19(14)13-16/h1-13,20H,(H,30,31)/t20-/m0/s1. The highest BCUT2D eigenvalue weighted by atomic mass is 35.5. The van der Waals surface area contributed by atoms with Crippen LogP contribution < -0.4 is 5.32 Å². The maximum atomic E-state index is 13.7. The zero-order chi connectivity index (χ0) is 22.0. The average molecular weight is 442 g/mol. The lowest BCUT2D eigenvalue weighted by Crippen LogP contribution is -2.31. The summed E-state index contributed by atoms with van der Waals surface area (Å²) >= 11 is 6.06. The third-order valence-electron chi connectivity index (χ3n) is 4.74. The Balaban J connectivity index is 1.77. The number of amides is 1. The summed E-state index contributed by atoms with van der Waals surface area (Å²) in [5, 5.41) is 3.85. The molecule has 0 fully saturated rings. The van der Waals surface area contributed by atoms with Gasteiger partial charge in [-0.2, -0.15) is 13.2 Å². The Labute approximate surface area is 180 Å². The predicted molar refractivity (Wildman–Crippen MR) is 112 cm³/mol. The van der Waals surface area contributed by atoms with E-state index in [1.54, 1.807) is 48.7 Å². The Kier molecular flexibility index (Phi) is 5.61. The average Bonchev–Trinajstić information content (AvgIpc) is 2.76. The molecule has 0 saturated heterocycles. The molecule has 0 radical (unpaired) electrons. The first-order valence-electron chi connectivity index (χ1n) is 9.26. The van der Waals surface area contributed by atoms with Crippen LogP contribution in [-0.2, 0) is 6.18 Å². The molecule has 2 aromatic heterocycles. The number of nitrogens with one attached hydrogen (secondary N) is 1. The summed E-state index contributed by atoms with van der Waals surface area (Å²) < 4.78 is 41.0. The van der Waals surface area contributed by atoms with Gasteiger partial charge in [-0.1, -0.05) is 35.9 Å². The minimum absolute atomic E-state index is 0.266. The summed E-state index contributed by atoms with van der Waals surface area (Å²) in [4.78, 5) is 21.2. The lowest BCUT2D eigenvalue weighted by atomic mass is 9.98. The number of rotatable bonds is 4. The number of carbonyl (C=O) groups excluding carboxylic acids is 1. The van der Waals surface area contributed by atoms with Crippen molar-refractivity contribution in [1.82, 2.24) is 15.3 Å². The number of benzene rings is 2. The molecule has 8 heteroatoms. The molecule has 0 saturated carbocycles. The molecule has 4 nitrogen and oxygen atoms in total. The minimum atomic E-state index is -4.64. The number of fused-ring (bicyclic) bond motifs is 1. The van der Waals surface area contributed by atoms with Crippen molar-refractivity contribution in [3.63, 3.8) is 0 Å². The van der Waals surface area contributed by atoms with E-state index in [1.807, 2.05) is 6.07 Å². The van der Waals surface area contributed by atoms with E-state index in [0.29, 0.717) is 16.1 Å². The van der Waals surface area contributed by atoms with Gasteiger partial charge in [0.1, 0.15) is 0 Å². The Morgan fingerprint density at radius 1 is 0.935 bits per heavy atom. The van der Waals surface area contributed by atoms with E-state index < -0.39 is 23.7 Å². The highest BCUT2D eigenvalue weighted by Gasteiger charge is 2.37. The van der Waals surface area contributed by atoms with Gasteiger partial charge in [-0.15, -0.1) is 0 Å². The highest BCUT2D eigenvalue weighted by Crippen LogP contribution is 2.36. The number of alkyl halides is 3. The van der Waals surface area contributed by atoms with Gasteiger partial charge in [0.25, 0.3) is 5.91 Å². The lowest BCUT2D eigenvalue weighted by molar-refractivity contribution is -0.138. The van der Waals surface area contributed by atoms with Gasteiger partial charge in [0.15, 0.2) is 0 Å². The number of hydrogen-bond donors (Lipinski definition) is 1. The van der Waals surface area contributed by atoms with Gasteiger partial charge in [-0.05, 0) is 48.0 Å². The second-order valence-electron chi connectivity index (χ2n) is 6.81. The van der Waals surface area contributed by atoms with E-state index >= 15 is 0 Å². The number of aromatic nitrogens is 2. The van der Waals surface area contributed by atoms with Crippen LogP contribution in [0.15, 0.2) is 79.1 Å². The van der Waals surface area contributed by atoms with Crippen molar-refractivity contribution < 1.29 is 18.0 Å². The van der Waals surface area contributed by atoms with Crippen molar-refractivity contribution in [3.8, 4) is 0 Å². The van der Waals surface area contributed by atoms with Crippen molar-refractivity contribution in [2.75, 3.05) is 0 Å². The molecule has 4 aromatic rings. The number of hydrogen-bond acceptors (Lipinski definition) is 3. The number of halogens is 4. The van der Waals surface area contributed by atoms with Crippen LogP contribution in [0.3, 0.4) is 0 Å². The van der Waals surface area contributed by atoms with Gasteiger partial charge < -0.3 is 5.32 Å². The summed E-state index contributed by atoms with van der Waals surface area (Å²) in [7, 11) is 0. The van der Waals surface area contributed by atoms with Crippen LogP contribution in [0.2, 0.25) is 5.02 Å². The van der Waals surface area contributed by atoms with Crippen LogP contribution in [0.4, 0.5) is 13.2 Å². The van der Waals surface area contributed by atoms with E-state index in [1.165, 1.54) is 18.3 Å². The quantitative estimate of drug-likeness (QED) is 0.434. The van der Waals surface area contributed by atoms with E-state index in [9.17, 15) is 18.0 Å². The van der Waals surface area contributed by atoms with Crippen LogP contribution in [0.25, 0.3) is 10.9 Å². The molecule has 31 heavy (non-hydrogen) atoms. The smallest absolute Gasteiger partial charge is 0.340 e. The summed E-state index contributed by atoms with van der Waals surface area (Å²) in [6, 6.07) is 15.8. The van der Waals surface area contributed by atoms with Crippen LogP contribution in [0.5, 0.6) is 0 Å². The zero-order valence-corrected chi connectivity index (χ0v) is 16.7. The number of nitrogens with zero attached hydrogens (tertiary/aromatic N) is 2. The molecule has 0 aliphatic carbocycles. The summed E-state index contributed by atoms with van der Waals surface area (Å²) in [5.74, 6) is -0.559. The summed E-state index contributed by atoms with van der Waals surface area (Å²) in [6.45, 7) is 0. The van der Waals surface area contributed by atoms with Gasteiger partial charge in [0.2, 0.25) is 0 Å². The molecule has 0 bridgehead atoms. The Morgan fingerprint density at radius 3 is 2.48 bits per heavy atom. The Bertz CT molecular complexity index is 1260. The fraction of sp³-hybridized carbons (Fsp3) is 0.0870. The summed E-state index contributed by atoms with van der Waals surface area (Å²) in [6.07, 6.45) is -1.78. The maximum absolute atomic E-state index is 13.7. The molecule has 156 valence electrons. The number of pyridine rings is 2. The molecular weight excluding hydrogens is 427 g/mol. The van der Waals surface area contributed by atoms with Crippen LogP contribution in [0, 0.1) is 0 Å². The van der Waals surface area contributed by atoms with Crippen molar-refractivity contribution >= 4 is 28.4 Å². The molecule has 0 spiro atoms. The Morgan fingerprint density at radius 2 is 1.71 bits per heavy atom. The summed E-state index contributed by atoms with van der Waals surface area (Å²) in [5.41, 5.74) is -0.0000567. The first kappa shape index (κ1) is 20.8. The normalized spacial score (nSPS) is 12.5. The first-order valence-corrected chi connectivity index (χ1v) is 9.64. The van der Waals surface area contributed by atoms with Crippen molar-refractivity contribution in [3.05, 3.63) is 107 Å². The van der Waals surface area contributed by atoms with E-state index in [4.69, 9.17) is 11.6 Å². The van der Waals surface area contributed by atoms with Crippen molar-refractivity contribution in [2.24, 2.45) is 0 Å². The molecule has 1 atom stereocenters. The second-order valence-corrected chi connectivity index (χ2v) is 7.24. The first-order chi connectivity index (χ1) is 14.8. The fourth-order valence-corrected chi connectivity index (χ4v) is 3.50. The van der Waals surface area contributed by atoms with Crippen molar-refractivity contribution in [1.29, 1.82) is 0 Å². The highest BCUT2D eigenvalue weighted by molar-refractivity contribution is 6.30. The van der Waals surface area contributed by atoms with E-state index in [2.05, 4.69) is 15.3 Å². The van der Waals surface area contributed by atoms with E-state index in [-0.39, 0.29) is 11.3 Å². The third kappa shape index (κ3) is 4.51. The fourth-order valence-electron chi connectivity index (χ4n) is 3.31. The van der Waals surface area contributed by atoms with Crippen LogP contribution in [0.1, 0.15) is 33.2 Å². The molecular formula is C23H15ClF3N3O. The number of carbonyl (C=O) groups is 1. The topological polar surface area (TPSA) is 54.9 Å². The zero-order valence-electron chi connectivity index (χ0n) is 15.9. The SMILES string of the molecule is O=C(N[C@@H](c1cccc(Cl)c1)c1ncccc1C(F)(F)F)c1ccc2cccnc2c1. The maximum Gasteiger partial charge on any atom is 0.418 e. The van der Waals surface area contributed by atoms with E-state index in [0.717, 1.165) is 11.5 Å². The molecule has 0 aliphatic heterocycles. The largest absolute Gasteiger partial charge is 0.418 e. The molecule has 1 amide bonds. The molecule has 0 unspecified atom stereocenters. The van der Waals surface area contributed by atoms with Gasteiger partial charge >= 0.3 is 6.18 Å². The second kappa shape index (κ2) is 8.35. The van der Waals surface area contributed by atoms with Crippen LogP contribution >= 0.6 is 11.6 Å². The van der Waals surface area contributed by atoms with Crippen molar-refractivity contribution in [2.45, 2.75) is 12.2 Å². The molecule has 0 aliphatic rings. The van der Waals surface area contributed by atoms with Gasteiger partial charge in [0.05, 0.1) is 22.8 Å². The predicted octanol–water partition coefficient (Wildman–Crippen LogP) is 5.82.